The molecule has 3 heterocycles. The van der Waals surface area contributed by atoms with Gasteiger partial charge >= 0.3 is 0 Å². The van der Waals surface area contributed by atoms with Crippen LogP contribution >= 0.6 is 0 Å². The number of carbonyl (C=O) groups is 2. The number of aryl methyl sites for hydroxylation is 1. The molecule has 9 nitrogen and oxygen atoms in total. The van der Waals surface area contributed by atoms with Gasteiger partial charge < -0.3 is 19.7 Å². The zero-order valence-electron chi connectivity index (χ0n) is 18.7. The third kappa shape index (κ3) is 4.92. The van der Waals surface area contributed by atoms with Crippen molar-refractivity contribution < 1.29 is 19.1 Å². The standard InChI is InChI=1S/C24H25N5O4/c1-15-20(23(30)28-18-5-7-19(32-2)8-6-18)13-26-22(27-15)17-10-11-29(14-17)24(31)16-4-9-21(33-3)25-12-16/h4-9,12-13,17H,10-11,14H2,1-3H3,(H,28,30). The lowest BCUT2D eigenvalue weighted by Crippen LogP contribution is -2.28. The maximum atomic E-state index is 12.8. The first-order valence-corrected chi connectivity index (χ1v) is 10.6. The maximum Gasteiger partial charge on any atom is 0.259 e. The number of hydrogen-bond donors (Lipinski definition) is 1. The summed E-state index contributed by atoms with van der Waals surface area (Å²) in [7, 11) is 3.12. The molecule has 1 aliphatic heterocycles. The van der Waals surface area contributed by atoms with Crippen LogP contribution < -0.4 is 14.8 Å². The highest BCUT2D eigenvalue weighted by atomic mass is 16.5. The van der Waals surface area contributed by atoms with Gasteiger partial charge in [-0.1, -0.05) is 0 Å². The Balaban J connectivity index is 1.41. The van der Waals surface area contributed by atoms with Gasteiger partial charge in [0, 0.05) is 43.2 Å². The Morgan fingerprint density at radius 1 is 1.03 bits per heavy atom. The molecule has 0 aliphatic carbocycles. The molecule has 0 bridgehead atoms. The molecule has 9 heteroatoms. The van der Waals surface area contributed by atoms with E-state index in [2.05, 4.69) is 20.3 Å². The molecule has 0 spiro atoms. The second kappa shape index (κ2) is 9.64. The molecule has 1 N–H and O–H groups in total. The summed E-state index contributed by atoms with van der Waals surface area (Å²) in [5, 5.41) is 2.85. The van der Waals surface area contributed by atoms with Crippen LogP contribution in [0.1, 0.15) is 44.6 Å². The number of methoxy groups -OCH3 is 2. The SMILES string of the molecule is COc1ccc(NC(=O)c2cnc(C3CCN(C(=O)c4ccc(OC)nc4)C3)nc2C)cc1. The van der Waals surface area contributed by atoms with Crippen LogP contribution in [0, 0.1) is 6.92 Å². The number of rotatable bonds is 6. The van der Waals surface area contributed by atoms with Gasteiger partial charge in [0.1, 0.15) is 11.6 Å². The summed E-state index contributed by atoms with van der Waals surface area (Å²) in [5.74, 6) is 1.46. The van der Waals surface area contributed by atoms with Gasteiger partial charge in [-0.25, -0.2) is 15.0 Å². The maximum absolute atomic E-state index is 12.8. The summed E-state index contributed by atoms with van der Waals surface area (Å²) in [6, 6.07) is 10.5. The zero-order valence-corrected chi connectivity index (χ0v) is 18.7. The minimum Gasteiger partial charge on any atom is -0.497 e. The van der Waals surface area contributed by atoms with E-state index >= 15 is 0 Å². The van der Waals surface area contributed by atoms with E-state index in [1.165, 1.54) is 13.3 Å². The topological polar surface area (TPSA) is 107 Å². The van der Waals surface area contributed by atoms with Crippen molar-refractivity contribution in [3.8, 4) is 11.6 Å². The second-order valence-electron chi connectivity index (χ2n) is 7.74. The number of pyridine rings is 1. The Labute approximate surface area is 191 Å². The van der Waals surface area contributed by atoms with Gasteiger partial charge in [0.25, 0.3) is 11.8 Å². The van der Waals surface area contributed by atoms with Crippen LogP contribution in [-0.2, 0) is 0 Å². The summed E-state index contributed by atoms with van der Waals surface area (Å²) in [6.45, 7) is 2.91. The highest BCUT2D eigenvalue weighted by Gasteiger charge is 2.30. The Morgan fingerprint density at radius 3 is 2.45 bits per heavy atom. The van der Waals surface area contributed by atoms with Crippen molar-refractivity contribution in [3.05, 3.63) is 71.4 Å². The average Bonchev–Trinajstić information content (AvgIpc) is 3.34. The van der Waals surface area contributed by atoms with Crippen molar-refractivity contribution in [1.29, 1.82) is 0 Å². The van der Waals surface area contributed by atoms with Gasteiger partial charge in [0.2, 0.25) is 5.88 Å². The van der Waals surface area contributed by atoms with Gasteiger partial charge in [-0.3, -0.25) is 9.59 Å². The fraction of sp³-hybridized carbons (Fsp3) is 0.292. The monoisotopic (exact) mass is 447 g/mol. The van der Waals surface area contributed by atoms with Crippen molar-refractivity contribution in [3.63, 3.8) is 0 Å². The van der Waals surface area contributed by atoms with E-state index in [0.29, 0.717) is 53.1 Å². The molecule has 4 rings (SSSR count). The molecule has 3 aromatic rings. The van der Waals surface area contributed by atoms with Gasteiger partial charge in [0.05, 0.1) is 31.0 Å². The van der Waals surface area contributed by atoms with Crippen LogP contribution in [0.25, 0.3) is 0 Å². The number of likely N-dealkylation sites (tertiary alicyclic amines) is 1. The molecule has 1 aliphatic rings. The highest BCUT2D eigenvalue weighted by molar-refractivity contribution is 6.04. The number of hydrogen-bond acceptors (Lipinski definition) is 7. The molecule has 33 heavy (non-hydrogen) atoms. The van der Waals surface area contributed by atoms with Crippen LogP contribution in [0.4, 0.5) is 5.69 Å². The van der Waals surface area contributed by atoms with E-state index in [9.17, 15) is 9.59 Å². The number of nitrogens with one attached hydrogen (secondary N) is 1. The van der Waals surface area contributed by atoms with E-state index in [4.69, 9.17) is 9.47 Å². The van der Waals surface area contributed by atoms with E-state index < -0.39 is 0 Å². The normalized spacial score (nSPS) is 15.2. The van der Waals surface area contributed by atoms with Crippen LogP contribution in [0.3, 0.4) is 0 Å². The predicted molar refractivity (Wildman–Crippen MR) is 122 cm³/mol. The van der Waals surface area contributed by atoms with Crippen LogP contribution in [-0.4, -0.2) is 59.0 Å². The first-order valence-electron chi connectivity index (χ1n) is 10.6. The summed E-state index contributed by atoms with van der Waals surface area (Å²) in [5.41, 5.74) is 2.17. The van der Waals surface area contributed by atoms with Gasteiger partial charge in [-0.05, 0) is 43.7 Å². The van der Waals surface area contributed by atoms with E-state index in [0.717, 1.165) is 6.42 Å². The quantitative estimate of drug-likeness (QED) is 0.619. The highest BCUT2D eigenvalue weighted by Crippen LogP contribution is 2.27. The molecule has 1 fully saturated rings. The first-order chi connectivity index (χ1) is 16.0. The number of carbonyl (C=O) groups excluding carboxylic acids is 2. The largest absolute Gasteiger partial charge is 0.497 e. The summed E-state index contributed by atoms with van der Waals surface area (Å²) >= 11 is 0. The molecule has 0 radical (unpaired) electrons. The minimum absolute atomic E-state index is 0.0116. The lowest BCUT2D eigenvalue weighted by molar-refractivity contribution is 0.0790. The summed E-state index contributed by atoms with van der Waals surface area (Å²) in [4.78, 5) is 40.4. The van der Waals surface area contributed by atoms with Crippen molar-refractivity contribution >= 4 is 17.5 Å². The summed E-state index contributed by atoms with van der Waals surface area (Å²) in [6.07, 6.45) is 3.83. The van der Waals surface area contributed by atoms with Crippen molar-refractivity contribution in [2.24, 2.45) is 0 Å². The van der Waals surface area contributed by atoms with Gasteiger partial charge in [-0.15, -0.1) is 0 Å². The third-order valence-electron chi connectivity index (χ3n) is 5.62. The number of anilines is 1. The van der Waals surface area contributed by atoms with E-state index in [-0.39, 0.29) is 17.7 Å². The molecule has 0 saturated carbocycles. The lowest BCUT2D eigenvalue weighted by atomic mass is 10.1. The molecule has 2 amide bonds. The Kier molecular flexibility index (Phi) is 6.48. The smallest absolute Gasteiger partial charge is 0.259 e. The third-order valence-corrected chi connectivity index (χ3v) is 5.62. The first kappa shape index (κ1) is 22.2. The molecule has 1 atom stereocenters. The summed E-state index contributed by atoms with van der Waals surface area (Å²) < 4.78 is 10.2. The Morgan fingerprint density at radius 2 is 1.82 bits per heavy atom. The van der Waals surface area contributed by atoms with Crippen molar-refractivity contribution in [2.45, 2.75) is 19.3 Å². The molecule has 1 unspecified atom stereocenters. The van der Waals surface area contributed by atoms with Crippen molar-refractivity contribution in [1.82, 2.24) is 19.9 Å². The second-order valence-corrected chi connectivity index (χ2v) is 7.74. The molecular weight excluding hydrogens is 422 g/mol. The zero-order chi connectivity index (χ0) is 23.4. The molecule has 1 aromatic carbocycles. The van der Waals surface area contributed by atoms with Crippen molar-refractivity contribution in [2.75, 3.05) is 32.6 Å². The molecule has 1 saturated heterocycles. The number of nitrogens with zero attached hydrogens (tertiary/aromatic N) is 4. The Bertz CT molecular complexity index is 1150. The number of ether oxygens (including phenoxy) is 2. The fourth-order valence-corrected chi connectivity index (χ4v) is 3.74. The number of aromatic nitrogens is 3. The fourth-order valence-electron chi connectivity index (χ4n) is 3.74. The predicted octanol–water partition coefficient (Wildman–Crippen LogP) is 3.08. The molecule has 170 valence electrons. The van der Waals surface area contributed by atoms with Gasteiger partial charge in [-0.2, -0.15) is 0 Å². The van der Waals surface area contributed by atoms with Crippen LogP contribution in [0.15, 0.2) is 48.8 Å². The average molecular weight is 447 g/mol. The van der Waals surface area contributed by atoms with Gasteiger partial charge in [0.15, 0.2) is 0 Å². The van der Waals surface area contributed by atoms with E-state index in [1.54, 1.807) is 61.5 Å². The number of amides is 2. The van der Waals surface area contributed by atoms with Crippen LogP contribution in [0.2, 0.25) is 0 Å². The number of benzene rings is 1. The molecule has 2 aromatic heterocycles. The van der Waals surface area contributed by atoms with Crippen LogP contribution in [0.5, 0.6) is 11.6 Å². The minimum atomic E-state index is -0.278. The Hall–Kier alpha value is -4.01. The molecular formula is C24H25N5O4. The lowest BCUT2D eigenvalue weighted by Gasteiger charge is -2.16. The van der Waals surface area contributed by atoms with E-state index in [1.807, 2.05) is 0 Å².